The molecule has 0 saturated carbocycles. The van der Waals surface area contributed by atoms with Gasteiger partial charge in [-0.1, -0.05) is 49.7 Å². The highest BCUT2D eigenvalue weighted by Gasteiger charge is 2.24. The Morgan fingerprint density at radius 3 is 2.23 bits per heavy atom. The minimum Gasteiger partial charge on any atom is -0.484 e. The van der Waals surface area contributed by atoms with E-state index in [4.69, 9.17) is 16.3 Å². The van der Waals surface area contributed by atoms with Crippen LogP contribution in [0.5, 0.6) is 5.75 Å². The van der Waals surface area contributed by atoms with Crippen LogP contribution in [-0.4, -0.2) is 49.5 Å². The summed E-state index contributed by atoms with van der Waals surface area (Å²) in [7, 11) is 0. The number of nitrogens with zero attached hydrogens (tertiary/aromatic N) is 2. The van der Waals surface area contributed by atoms with Gasteiger partial charge in [0.25, 0.3) is 11.8 Å². The van der Waals surface area contributed by atoms with Gasteiger partial charge in [-0.2, -0.15) is 0 Å². The number of ether oxygens (including phenoxy) is 1. The Morgan fingerprint density at radius 1 is 0.914 bits per heavy atom. The number of amides is 2. The third kappa shape index (κ3) is 6.34. The maximum absolute atomic E-state index is 12.8. The van der Waals surface area contributed by atoms with Crippen LogP contribution in [0.15, 0.2) is 72.8 Å². The number of anilines is 2. The Morgan fingerprint density at radius 2 is 1.57 bits per heavy atom. The monoisotopic (exact) mass is 491 g/mol. The maximum atomic E-state index is 12.8. The summed E-state index contributed by atoms with van der Waals surface area (Å²) >= 11 is 5.94. The number of hydrogen-bond acceptors (Lipinski definition) is 4. The van der Waals surface area contributed by atoms with E-state index in [1.807, 2.05) is 53.4 Å². The third-order valence-corrected chi connectivity index (χ3v) is 6.35. The molecule has 0 bridgehead atoms. The summed E-state index contributed by atoms with van der Waals surface area (Å²) in [6, 6.07) is 22.5. The van der Waals surface area contributed by atoms with Gasteiger partial charge in [-0.15, -0.1) is 0 Å². The van der Waals surface area contributed by atoms with E-state index >= 15 is 0 Å². The van der Waals surface area contributed by atoms with Crippen molar-refractivity contribution in [2.24, 2.45) is 0 Å². The quantitative estimate of drug-likeness (QED) is 0.478. The first-order valence-corrected chi connectivity index (χ1v) is 12.2. The Bertz CT molecular complexity index is 1150. The molecule has 7 heteroatoms. The van der Waals surface area contributed by atoms with Gasteiger partial charge in [0.2, 0.25) is 0 Å². The second kappa shape index (κ2) is 11.3. The Balaban J connectivity index is 1.33. The van der Waals surface area contributed by atoms with Crippen LogP contribution in [-0.2, 0) is 4.79 Å². The summed E-state index contributed by atoms with van der Waals surface area (Å²) in [6.45, 7) is 6.74. The van der Waals surface area contributed by atoms with Crippen LogP contribution in [0.3, 0.4) is 0 Å². The average Bonchev–Trinajstić information content (AvgIpc) is 2.88. The molecule has 1 aliphatic heterocycles. The molecule has 35 heavy (non-hydrogen) atoms. The number of hydrogen-bond donors (Lipinski definition) is 1. The molecule has 182 valence electrons. The molecule has 0 unspecified atom stereocenters. The number of rotatable bonds is 7. The Labute approximate surface area is 211 Å². The number of halogens is 1. The molecule has 1 heterocycles. The molecule has 2 amide bonds. The van der Waals surface area contributed by atoms with E-state index in [0.29, 0.717) is 48.4 Å². The van der Waals surface area contributed by atoms with Gasteiger partial charge in [0.15, 0.2) is 6.61 Å². The summed E-state index contributed by atoms with van der Waals surface area (Å²) in [5.41, 5.74) is 3.52. The van der Waals surface area contributed by atoms with Crippen LogP contribution >= 0.6 is 11.6 Å². The third-order valence-electron chi connectivity index (χ3n) is 6.09. The van der Waals surface area contributed by atoms with Crippen molar-refractivity contribution in [3.05, 3.63) is 88.9 Å². The highest BCUT2D eigenvalue weighted by molar-refractivity contribution is 6.30. The molecular formula is C28H30ClN3O3. The van der Waals surface area contributed by atoms with Crippen molar-refractivity contribution < 1.29 is 14.3 Å². The molecule has 0 aliphatic carbocycles. The van der Waals surface area contributed by atoms with Crippen molar-refractivity contribution in [2.45, 2.75) is 19.8 Å². The predicted molar refractivity (Wildman–Crippen MR) is 141 cm³/mol. The fraction of sp³-hybridized carbons (Fsp3) is 0.286. The summed E-state index contributed by atoms with van der Waals surface area (Å²) in [4.78, 5) is 29.4. The van der Waals surface area contributed by atoms with E-state index in [9.17, 15) is 9.59 Å². The van der Waals surface area contributed by atoms with Crippen LogP contribution in [0.2, 0.25) is 5.02 Å². The molecule has 0 atom stereocenters. The topological polar surface area (TPSA) is 61.9 Å². The zero-order chi connectivity index (χ0) is 24.8. The highest BCUT2D eigenvalue weighted by Crippen LogP contribution is 2.27. The van der Waals surface area contributed by atoms with Gasteiger partial charge in [-0.25, -0.2) is 0 Å². The zero-order valence-corrected chi connectivity index (χ0v) is 20.8. The molecule has 1 aliphatic rings. The van der Waals surface area contributed by atoms with E-state index in [2.05, 4.69) is 24.1 Å². The lowest BCUT2D eigenvalue weighted by Gasteiger charge is -2.37. The lowest BCUT2D eigenvalue weighted by Crippen LogP contribution is -2.49. The summed E-state index contributed by atoms with van der Waals surface area (Å²) in [5.74, 6) is 0.893. The molecule has 1 N–H and O–H groups in total. The van der Waals surface area contributed by atoms with E-state index in [1.54, 1.807) is 24.3 Å². The molecule has 6 nitrogen and oxygen atoms in total. The number of piperazine rings is 1. The van der Waals surface area contributed by atoms with Crippen molar-refractivity contribution in [1.29, 1.82) is 0 Å². The van der Waals surface area contributed by atoms with E-state index < -0.39 is 0 Å². The second-order valence-corrected chi connectivity index (χ2v) is 9.30. The molecular weight excluding hydrogens is 462 g/mol. The Kier molecular flexibility index (Phi) is 7.93. The molecule has 0 spiro atoms. The van der Waals surface area contributed by atoms with Gasteiger partial charge in [0.1, 0.15) is 5.75 Å². The van der Waals surface area contributed by atoms with Crippen LogP contribution in [0.25, 0.3) is 0 Å². The Hall–Kier alpha value is -3.51. The smallest absolute Gasteiger partial charge is 0.262 e. The fourth-order valence-corrected chi connectivity index (χ4v) is 4.19. The summed E-state index contributed by atoms with van der Waals surface area (Å²) in [5, 5.41) is 3.58. The van der Waals surface area contributed by atoms with Crippen LogP contribution in [0.1, 0.15) is 35.7 Å². The van der Waals surface area contributed by atoms with Gasteiger partial charge >= 0.3 is 0 Å². The van der Waals surface area contributed by atoms with Gasteiger partial charge in [-0.3, -0.25) is 9.59 Å². The van der Waals surface area contributed by atoms with E-state index in [-0.39, 0.29) is 18.4 Å². The number of carbonyl (C=O) groups excluding carboxylic acids is 2. The lowest BCUT2D eigenvalue weighted by molar-refractivity contribution is -0.118. The van der Waals surface area contributed by atoms with Gasteiger partial charge in [-0.05, 0) is 60.0 Å². The van der Waals surface area contributed by atoms with E-state index in [1.165, 1.54) is 5.56 Å². The molecule has 1 fully saturated rings. The van der Waals surface area contributed by atoms with Crippen LogP contribution < -0.4 is 15.0 Å². The van der Waals surface area contributed by atoms with Crippen LogP contribution in [0.4, 0.5) is 11.4 Å². The standard InChI is InChI=1S/C28H30ClN3O3/c1-20(2)21-9-13-24(14-10-21)35-19-27(33)30-25-5-3-4-6-26(25)31-15-17-32(18-16-31)28(34)22-7-11-23(29)12-8-22/h3-14,20H,15-19H2,1-2H3,(H,30,33). The first kappa shape index (κ1) is 24.6. The average molecular weight is 492 g/mol. The maximum Gasteiger partial charge on any atom is 0.262 e. The summed E-state index contributed by atoms with van der Waals surface area (Å²) in [6.07, 6.45) is 0. The van der Waals surface area contributed by atoms with Crippen molar-refractivity contribution in [3.63, 3.8) is 0 Å². The number of para-hydroxylation sites is 2. The number of nitrogens with one attached hydrogen (secondary N) is 1. The summed E-state index contributed by atoms with van der Waals surface area (Å²) < 4.78 is 5.67. The zero-order valence-electron chi connectivity index (χ0n) is 20.0. The first-order valence-electron chi connectivity index (χ1n) is 11.8. The van der Waals surface area contributed by atoms with Crippen molar-refractivity contribution in [3.8, 4) is 5.75 Å². The molecule has 3 aromatic carbocycles. The number of benzene rings is 3. The number of carbonyl (C=O) groups is 2. The van der Waals surface area contributed by atoms with Crippen molar-refractivity contribution in [1.82, 2.24) is 4.90 Å². The van der Waals surface area contributed by atoms with Gasteiger partial charge in [0.05, 0.1) is 11.4 Å². The molecule has 0 radical (unpaired) electrons. The van der Waals surface area contributed by atoms with Crippen LogP contribution in [0, 0.1) is 0 Å². The predicted octanol–water partition coefficient (Wildman–Crippen LogP) is 5.44. The minimum atomic E-state index is -0.220. The normalized spacial score (nSPS) is 13.6. The minimum absolute atomic E-state index is 0.00137. The molecule has 4 rings (SSSR count). The van der Waals surface area contributed by atoms with E-state index in [0.717, 1.165) is 11.4 Å². The SMILES string of the molecule is CC(C)c1ccc(OCC(=O)Nc2ccccc2N2CCN(C(=O)c3ccc(Cl)cc3)CC2)cc1. The first-order chi connectivity index (χ1) is 16.9. The second-order valence-electron chi connectivity index (χ2n) is 8.86. The largest absolute Gasteiger partial charge is 0.484 e. The molecule has 0 aromatic heterocycles. The van der Waals surface area contributed by atoms with Gasteiger partial charge < -0.3 is 19.9 Å². The lowest BCUT2D eigenvalue weighted by atomic mass is 10.0. The molecule has 3 aromatic rings. The van der Waals surface area contributed by atoms with Crippen molar-refractivity contribution in [2.75, 3.05) is 43.0 Å². The van der Waals surface area contributed by atoms with Gasteiger partial charge in [0, 0.05) is 36.8 Å². The highest BCUT2D eigenvalue weighted by atomic mass is 35.5. The fourth-order valence-electron chi connectivity index (χ4n) is 4.06. The van der Waals surface area contributed by atoms with Crippen molar-refractivity contribution >= 4 is 34.8 Å². The molecule has 1 saturated heterocycles.